The van der Waals surface area contributed by atoms with Crippen molar-refractivity contribution in [2.45, 2.75) is 19.3 Å². The lowest BCUT2D eigenvalue weighted by molar-refractivity contribution is 0.660. The van der Waals surface area contributed by atoms with E-state index in [1.165, 1.54) is 86.6 Å². The molecule has 0 bridgehead atoms. The van der Waals surface area contributed by atoms with Gasteiger partial charge in [0, 0.05) is 64.5 Å². The number of aromatic nitrogens is 1. The van der Waals surface area contributed by atoms with E-state index in [0.717, 1.165) is 28.1 Å². The molecule has 2 nitrogen and oxygen atoms in total. The molecule has 0 spiro atoms. The van der Waals surface area contributed by atoms with Crippen molar-refractivity contribution in [1.82, 2.24) is 4.98 Å². The van der Waals surface area contributed by atoms with Crippen molar-refractivity contribution >= 4 is 70.4 Å². The Kier molecular flexibility index (Phi) is 7.79. The summed E-state index contributed by atoms with van der Waals surface area (Å²) in [6.07, 6.45) is 0. The normalized spacial score (nSPS) is 13.0. The summed E-state index contributed by atoms with van der Waals surface area (Å²) in [7, 11) is 0. The lowest BCUT2D eigenvalue weighted by Gasteiger charge is -2.26. The fraction of sp³-hybridized carbons (Fsp3) is 0.0526. The van der Waals surface area contributed by atoms with Gasteiger partial charge in [0.05, 0.1) is 5.52 Å². The van der Waals surface area contributed by atoms with Gasteiger partial charge in [-0.2, -0.15) is 0 Å². The average Bonchev–Trinajstić information content (AvgIpc) is 3.94. The molecule has 1 N–H and O–H groups in total. The van der Waals surface area contributed by atoms with Crippen molar-refractivity contribution in [3.05, 3.63) is 211 Å². The number of H-pyrrole nitrogens is 1. The van der Waals surface area contributed by atoms with Crippen molar-refractivity contribution in [1.29, 1.82) is 0 Å². The molecule has 0 fully saturated rings. The van der Waals surface area contributed by atoms with Crippen molar-refractivity contribution in [2.24, 2.45) is 0 Å². The first kappa shape index (κ1) is 34.8. The summed E-state index contributed by atoms with van der Waals surface area (Å²) >= 11 is 1.86. The van der Waals surface area contributed by atoms with Crippen molar-refractivity contribution in [3.63, 3.8) is 0 Å². The van der Waals surface area contributed by atoms with Crippen LogP contribution in [0.3, 0.4) is 0 Å². The van der Waals surface area contributed by atoms with Crippen LogP contribution in [-0.4, -0.2) is 4.98 Å². The highest BCUT2D eigenvalue weighted by atomic mass is 32.1. The summed E-state index contributed by atoms with van der Waals surface area (Å²) in [6, 6.07) is 73.8. The van der Waals surface area contributed by atoms with E-state index in [1.807, 2.05) is 11.3 Å². The van der Waals surface area contributed by atoms with Crippen LogP contribution in [0.2, 0.25) is 0 Å². The molecule has 12 rings (SSSR count). The predicted molar refractivity (Wildman–Crippen MR) is 257 cm³/mol. The maximum absolute atomic E-state index is 3.73. The van der Waals surface area contributed by atoms with Gasteiger partial charge in [0.15, 0.2) is 0 Å². The molecule has 0 saturated carbocycles. The quantitative estimate of drug-likeness (QED) is 0.178. The predicted octanol–water partition coefficient (Wildman–Crippen LogP) is 16.5. The molecule has 11 aromatic rings. The van der Waals surface area contributed by atoms with Gasteiger partial charge in [-0.15, -0.1) is 11.3 Å². The van der Waals surface area contributed by atoms with Crippen molar-refractivity contribution < 1.29 is 0 Å². The molecule has 2 heterocycles. The summed E-state index contributed by atoms with van der Waals surface area (Å²) in [6.45, 7) is 4.70. The van der Waals surface area contributed by atoms with Crippen LogP contribution in [-0.2, 0) is 5.41 Å². The van der Waals surface area contributed by atoms with Crippen molar-refractivity contribution in [2.75, 3.05) is 4.90 Å². The van der Waals surface area contributed by atoms with Crippen LogP contribution in [0, 0.1) is 0 Å². The fourth-order valence-corrected chi connectivity index (χ4v) is 10.9. The van der Waals surface area contributed by atoms with Gasteiger partial charge in [-0.25, -0.2) is 0 Å². The molecular weight excluding hydrogens is 745 g/mol. The molecule has 9 aromatic carbocycles. The summed E-state index contributed by atoms with van der Waals surface area (Å²) in [4.78, 5) is 6.12. The molecule has 1 aliphatic rings. The molecule has 2 aromatic heterocycles. The van der Waals surface area contributed by atoms with Crippen LogP contribution in [0.25, 0.3) is 86.5 Å². The van der Waals surface area contributed by atoms with Crippen molar-refractivity contribution in [3.8, 4) is 44.5 Å². The van der Waals surface area contributed by atoms with Crippen LogP contribution in [0.15, 0.2) is 200 Å². The van der Waals surface area contributed by atoms with Crippen LogP contribution in [0.4, 0.5) is 17.1 Å². The Balaban J connectivity index is 0.952. The zero-order chi connectivity index (χ0) is 40.0. The fourth-order valence-electron chi connectivity index (χ4n) is 9.77. The van der Waals surface area contributed by atoms with Gasteiger partial charge < -0.3 is 9.88 Å². The van der Waals surface area contributed by atoms with Crippen LogP contribution >= 0.6 is 11.3 Å². The van der Waals surface area contributed by atoms with Crippen LogP contribution in [0.1, 0.15) is 25.0 Å². The maximum Gasteiger partial charge on any atom is 0.0544 e. The third kappa shape index (κ3) is 5.47. The zero-order valence-electron chi connectivity index (χ0n) is 33.4. The van der Waals surface area contributed by atoms with Gasteiger partial charge in [-0.1, -0.05) is 147 Å². The van der Waals surface area contributed by atoms with Gasteiger partial charge in [0.1, 0.15) is 0 Å². The first-order valence-electron chi connectivity index (χ1n) is 20.7. The molecule has 3 heteroatoms. The second kappa shape index (κ2) is 13.4. The molecule has 0 atom stereocenters. The van der Waals surface area contributed by atoms with Gasteiger partial charge >= 0.3 is 0 Å². The minimum absolute atomic E-state index is 0.0454. The molecule has 0 unspecified atom stereocenters. The number of hydrogen-bond donors (Lipinski definition) is 1. The molecule has 1 aliphatic carbocycles. The van der Waals surface area contributed by atoms with E-state index in [2.05, 4.69) is 224 Å². The van der Waals surface area contributed by atoms with E-state index in [4.69, 9.17) is 0 Å². The summed E-state index contributed by atoms with van der Waals surface area (Å²) < 4.78 is 2.65. The smallest absolute Gasteiger partial charge is 0.0544 e. The minimum Gasteiger partial charge on any atom is -0.354 e. The Morgan fingerprint density at radius 2 is 0.983 bits per heavy atom. The number of anilines is 3. The summed E-state index contributed by atoms with van der Waals surface area (Å²) in [5.74, 6) is 0. The molecule has 0 saturated heterocycles. The number of para-hydroxylation sites is 2. The third-order valence-corrected chi connectivity index (χ3v) is 14.0. The first-order valence-corrected chi connectivity index (χ1v) is 21.6. The third-order valence-electron chi connectivity index (χ3n) is 12.8. The Bertz CT molecular complexity index is 3460. The Hall–Kier alpha value is -7.20. The number of benzene rings is 9. The summed E-state index contributed by atoms with van der Waals surface area (Å²) in [5.41, 5.74) is 18.3. The lowest BCUT2D eigenvalue weighted by atomic mass is 9.81. The number of nitrogens with zero attached hydrogens (tertiary/aromatic N) is 1. The number of hydrogen-bond acceptors (Lipinski definition) is 2. The van der Waals surface area contributed by atoms with Gasteiger partial charge in [0.25, 0.3) is 0 Å². The zero-order valence-corrected chi connectivity index (χ0v) is 34.2. The number of aromatic amines is 1. The molecule has 0 amide bonds. The number of rotatable bonds is 6. The Morgan fingerprint density at radius 3 is 1.80 bits per heavy atom. The standard InChI is InChI=1S/C57H40N2S/c1-57(2)51-18-6-3-13-45(51)46-31-25-39(35-52(46)57)37-23-29-42(30-24-37)59(41-27-21-36(22-28-41)38-26-32-55-50(34-38)48-15-5-8-20-54(48)60-55)43-12-9-11-40(33-43)44-16-10-17-49-47-14-4-7-19-53(47)58-56(44)49/h3-35,58H,1-2H3. The average molecular weight is 785 g/mol. The second-order valence-corrected chi connectivity index (χ2v) is 17.7. The SMILES string of the molecule is CC1(C)c2ccccc2-c2ccc(-c3ccc(N(c4ccc(-c5ccc6sc7ccccc7c6c5)cc4)c4cccc(-c5cccc6c5[nH]c5ccccc56)c4)cc3)cc21. The topological polar surface area (TPSA) is 19.0 Å². The van der Waals surface area contributed by atoms with E-state index in [9.17, 15) is 0 Å². The van der Waals surface area contributed by atoms with Gasteiger partial charge in [0.2, 0.25) is 0 Å². The van der Waals surface area contributed by atoms with E-state index in [1.54, 1.807) is 0 Å². The highest BCUT2D eigenvalue weighted by Crippen LogP contribution is 2.50. The molecule has 0 aliphatic heterocycles. The van der Waals surface area contributed by atoms with Crippen LogP contribution in [0.5, 0.6) is 0 Å². The summed E-state index contributed by atoms with van der Waals surface area (Å²) in [5, 5.41) is 5.12. The van der Waals surface area contributed by atoms with Gasteiger partial charge in [-0.05, 0) is 117 Å². The number of nitrogens with one attached hydrogen (secondary N) is 1. The van der Waals surface area contributed by atoms with E-state index >= 15 is 0 Å². The Morgan fingerprint density at radius 1 is 0.383 bits per heavy atom. The first-order chi connectivity index (χ1) is 29.5. The molecule has 284 valence electrons. The monoisotopic (exact) mass is 784 g/mol. The second-order valence-electron chi connectivity index (χ2n) is 16.6. The van der Waals surface area contributed by atoms with E-state index < -0.39 is 0 Å². The van der Waals surface area contributed by atoms with Crippen LogP contribution < -0.4 is 4.90 Å². The van der Waals surface area contributed by atoms with Gasteiger partial charge in [-0.3, -0.25) is 0 Å². The highest BCUT2D eigenvalue weighted by Gasteiger charge is 2.35. The van der Waals surface area contributed by atoms with E-state index in [0.29, 0.717) is 0 Å². The largest absolute Gasteiger partial charge is 0.354 e. The molecule has 0 radical (unpaired) electrons. The highest BCUT2D eigenvalue weighted by molar-refractivity contribution is 7.25. The van der Waals surface area contributed by atoms with E-state index in [-0.39, 0.29) is 5.41 Å². The number of fused-ring (bicyclic) bond motifs is 9. The molecule has 60 heavy (non-hydrogen) atoms. The minimum atomic E-state index is -0.0454. The maximum atomic E-state index is 3.73. The molecular formula is C57H40N2S. The number of thiophene rings is 1. The Labute approximate surface area is 353 Å². The lowest BCUT2D eigenvalue weighted by Crippen LogP contribution is -2.14.